The minimum absolute atomic E-state index is 0.206. The SMILES string of the molecule is OC1CCCN(c2nc(-c3ccccc3)cs2)C1. The van der Waals surface area contributed by atoms with Gasteiger partial charge in [-0.25, -0.2) is 4.98 Å². The van der Waals surface area contributed by atoms with Gasteiger partial charge in [-0.2, -0.15) is 0 Å². The highest BCUT2D eigenvalue weighted by Crippen LogP contribution is 2.28. The van der Waals surface area contributed by atoms with Crippen molar-refractivity contribution in [3.8, 4) is 11.3 Å². The van der Waals surface area contributed by atoms with Crippen LogP contribution in [0, 0.1) is 0 Å². The summed E-state index contributed by atoms with van der Waals surface area (Å²) >= 11 is 1.66. The molecule has 1 unspecified atom stereocenters. The Morgan fingerprint density at radius 2 is 2.11 bits per heavy atom. The molecule has 3 rings (SSSR count). The number of thiazole rings is 1. The molecule has 0 bridgehead atoms. The van der Waals surface area contributed by atoms with Gasteiger partial charge in [0.05, 0.1) is 11.8 Å². The van der Waals surface area contributed by atoms with Gasteiger partial charge in [-0.15, -0.1) is 11.3 Å². The minimum atomic E-state index is -0.206. The van der Waals surface area contributed by atoms with Crippen LogP contribution in [0.3, 0.4) is 0 Å². The number of hydrogen-bond acceptors (Lipinski definition) is 4. The van der Waals surface area contributed by atoms with Crippen molar-refractivity contribution in [2.24, 2.45) is 0 Å². The van der Waals surface area contributed by atoms with E-state index in [-0.39, 0.29) is 6.10 Å². The first-order valence-corrected chi connectivity index (χ1v) is 7.15. The number of aliphatic hydroxyl groups excluding tert-OH is 1. The summed E-state index contributed by atoms with van der Waals surface area (Å²) in [6.07, 6.45) is 1.75. The summed E-state index contributed by atoms with van der Waals surface area (Å²) in [6, 6.07) is 10.2. The summed E-state index contributed by atoms with van der Waals surface area (Å²) in [5.41, 5.74) is 2.17. The first-order chi connectivity index (χ1) is 8.83. The van der Waals surface area contributed by atoms with Crippen molar-refractivity contribution in [2.75, 3.05) is 18.0 Å². The molecule has 0 radical (unpaired) electrons. The summed E-state index contributed by atoms with van der Waals surface area (Å²) in [4.78, 5) is 6.86. The summed E-state index contributed by atoms with van der Waals surface area (Å²) in [5.74, 6) is 0. The monoisotopic (exact) mass is 260 g/mol. The van der Waals surface area contributed by atoms with Crippen LogP contribution in [-0.4, -0.2) is 29.3 Å². The van der Waals surface area contributed by atoms with Crippen LogP contribution < -0.4 is 4.90 Å². The zero-order chi connectivity index (χ0) is 12.4. The molecule has 18 heavy (non-hydrogen) atoms. The van der Waals surface area contributed by atoms with Crippen LogP contribution in [0.5, 0.6) is 0 Å². The van der Waals surface area contributed by atoms with Gasteiger partial charge in [-0.3, -0.25) is 0 Å². The fraction of sp³-hybridized carbons (Fsp3) is 0.357. The number of rotatable bonds is 2. The summed E-state index contributed by atoms with van der Waals surface area (Å²) in [6.45, 7) is 1.71. The second kappa shape index (κ2) is 5.08. The number of aliphatic hydroxyl groups is 1. The molecular weight excluding hydrogens is 244 g/mol. The normalized spacial score (nSPS) is 20.1. The van der Waals surface area contributed by atoms with E-state index in [1.165, 1.54) is 0 Å². The van der Waals surface area contributed by atoms with Gasteiger partial charge in [-0.1, -0.05) is 30.3 Å². The minimum Gasteiger partial charge on any atom is -0.391 e. The van der Waals surface area contributed by atoms with E-state index < -0.39 is 0 Å². The maximum absolute atomic E-state index is 9.70. The average molecular weight is 260 g/mol. The van der Waals surface area contributed by atoms with Gasteiger partial charge in [-0.05, 0) is 12.8 Å². The van der Waals surface area contributed by atoms with Crippen molar-refractivity contribution in [1.82, 2.24) is 4.98 Å². The molecule has 0 saturated carbocycles. The second-order valence-corrected chi connectivity index (χ2v) is 5.46. The van der Waals surface area contributed by atoms with Crippen molar-refractivity contribution in [2.45, 2.75) is 18.9 Å². The zero-order valence-electron chi connectivity index (χ0n) is 10.1. The lowest BCUT2D eigenvalue weighted by Gasteiger charge is -2.29. The maximum atomic E-state index is 9.70. The highest BCUT2D eigenvalue weighted by atomic mass is 32.1. The Bertz CT molecular complexity index is 512. The molecule has 1 N–H and O–H groups in total. The molecule has 0 spiro atoms. The van der Waals surface area contributed by atoms with E-state index in [9.17, 15) is 5.11 Å². The van der Waals surface area contributed by atoms with Crippen LogP contribution in [0.25, 0.3) is 11.3 Å². The Morgan fingerprint density at radius 3 is 2.89 bits per heavy atom. The number of piperidine rings is 1. The topological polar surface area (TPSA) is 36.4 Å². The number of benzene rings is 1. The molecule has 1 saturated heterocycles. The van der Waals surface area contributed by atoms with E-state index in [2.05, 4.69) is 27.4 Å². The number of aromatic nitrogens is 1. The Morgan fingerprint density at radius 1 is 1.28 bits per heavy atom. The summed E-state index contributed by atoms with van der Waals surface area (Å²) < 4.78 is 0. The lowest BCUT2D eigenvalue weighted by Crippen LogP contribution is -2.38. The highest BCUT2D eigenvalue weighted by Gasteiger charge is 2.20. The van der Waals surface area contributed by atoms with E-state index in [1.54, 1.807) is 11.3 Å². The van der Waals surface area contributed by atoms with Crippen LogP contribution in [-0.2, 0) is 0 Å². The first-order valence-electron chi connectivity index (χ1n) is 6.27. The Labute approximate surface area is 111 Å². The fourth-order valence-electron chi connectivity index (χ4n) is 2.28. The molecule has 4 heteroatoms. The van der Waals surface area contributed by atoms with Crippen molar-refractivity contribution in [1.29, 1.82) is 0 Å². The predicted octanol–water partition coefficient (Wildman–Crippen LogP) is 2.77. The smallest absolute Gasteiger partial charge is 0.185 e. The number of β-amino-alcohol motifs (C(OH)–C–C–N with tert-alkyl or cyclic N) is 1. The van der Waals surface area contributed by atoms with Gasteiger partial charge in [0, 0.05) is 24.0 Å². The average Bonchev–Trinajstić information content (AvgIpc) is 2.89. The molecule has 94 valence electrons. The molecule has 0 aliphatic carbocycles. The Kier molecular flexibility index (Phi) is 3.30. The quantitative estimate of drug-likeness (QED) is 0.902. The fourth-order valence-corrected chi connectivity index (χ4v) is 3.15. The number of anilines is 1. The summed E-state index contributed by atoms with van der Waals surface area (Å²) in [5, 5.41) is 12.8. The standard InChI is InChI=1S/C14H16N2OS/c17-12-7-4-8-16(9-12)14-15-13(10-18-14)11-5-2-1-3-6-11/h1-3,5-6,10,12,17H,4,7-9H2. The Balaban J connectivity index is 1.81. The molecule has 1 aromatic carbocycles. The third kappa shape index (κ3) is 2.40. The van der Waals surface area contributed by atoms with Crippen molar-refractivity contribution in [3.63, 3.8) is 0 Å². The van der Waals surface area contributed by atoms with E-state index in [0.717, 1.165) is 35.8 Å². The predicted molar refractivity (Wildman–Crippen MR) is 75.0 cm³/mol. The molecule has 1 aliphatic rings. The number of nitrogens with zero attached hydrogens (tertiary/aromatic N) is 2. The van der Waals surface area contributed by atoms with Gasteiger partial charge in [0.15, 0.2) is 5.13 Å². The van der Waals surface area contributed by atoms with Crippen molar-refractivity contribution >= 4 is 16.5 Å². The zero-order valence-corrected chi connectivity index (χ0v) is 10.9. The maximum Gasteiger partial charge on any atom is 0.185 e. The van der Waals surface area contributed by atoms with Crippen LogP contribution >= 0.6 is 11.3 Å². The third-order valence-electron chi connectivity index (χ3n) is 3.23. The van der Waals surface area contributed by atoms with Gasteiger partial charge in [0.1, 0.15) is 0 Å². The van der Waals surface area contributed by atoms with Gasteiger partial charge in [0.25, 0.3) is 0 Å². The van der Waals surface area contributed by atoms with E-state index in [4.69, 9.17) is 0 Å². The van der Waals surface area contributed by atoms with Crippen LogP contribution in [0.4, 0.5) is 5.13 Å². The van der Waals surface area contributed by atoms with Crippen LogP contribution in [0.1, 0.15) is 12.8 Å². The molecule has 1 atom stereocenters. The van der Waals surface area contributed by atoms with E-state index >= 15 is 0 Å². The van der Waals surface area contributed by atoms with Crippen molar-refractivity contribution < 1.29 is 5.11 Å². The van der Waals surface area contributed by atoms with Gasteiger partial charge < -0.3 is 10.0 Å². The lowest BCUT2D eigenvalue weighted by molar-refractivity contribution is 0.154. The molecule has 1 fully saturated rings. The molecule has 1 aliphatic heterocycles. The molecule has 2 aromatic rings. The first kappa shape index (κ1) is 11.7. The van der Waals surface area contributed by atoms with Crippen LogP contribution in [0.2, 0.25) is 0 Å². The third-order valence-corrected chi connectivity index (χ3v) is 4.13. The molecular formula is C14H16N2OS. The second-order valence-electron chi connectivity index (χ2n) is 4.62. The number of hydrogen-bond donors (Lipinski definition) is 1. The highest BCUT2D eigenvalue weighted by molar-refractivity contribution is 7.14. The van der Waals surface area contributed by atoms with Crippen LogP contribution in [0.15, 0.2) is 35.7 Å². The summed E-state index contributed by atoms with van der Waals surface area (Å²) in [7, 11) is 0. The largest absolute Gasteiger partial charge is 0.391 e. The lowest BCUT2D eigenvalue weighted by atomic mass is 10.1. The van der Waals surface area contributed by atoms with Crippen molar-refractivity contribution in [3.05, 3.63) is 35.7 Å². The van der Waals surface area contributed by atoms with E-state index in [1.807, 2.05) is 18.2 Å². The van der Waals surface area contributed by atoms with E-state index in [0.29, 0.717) is 6.54 Å². The molecule has 0 amide bonds. The van der Waals surface area contributed by atoms with Gasteiger partial charge in [0.2, 0.25) is 0 Å². The Hall–Kier alpha value is -1.39. The molecule has 1 aromatic heterocycles. The van der Waals surface area contributed by atoms with Gasteiger partial charge >= 0.3 is 0 Å². The molecule has 3 nitrogen and oxygen atoms in total. The molecule has 2 heterocycles.